The van der Waals surface area contributed by atoms with Crippen molar-refractivity contribution in [3.05, 3.63) is 61.1 Å². The number of hydrogen-bond donors (Lipinski definition) is 2. The van der Waals surface area contributed by atoms with Crippen LogP contribution in [0.2, 0.25) is 5.02 Å². The topological polar surface area (TPSA) is 84.0 Å². The van der Waals surface area contributed by atoms with Crippen LogP contribution in [0.4, 0.5) is 10.1 Å². The van der Waals surface area contributed by atoms with Crippen LogP contribution in [0.25, 0.3) is 0 Å². The highest BCUT2D eigenvalue weighted by Crippen LogP contribution is 2.19. The fraction of sp³-hybridized carbons (Fsp3) is 0.267. The SMILES string of the molecule is Cc1[nH]c(=O)n(C)c(=O)c1CCC(=O)Nc1ccc(F)c(Cl)c1. The lowest BCUT2D eigenvalue weighted by Gasteiger charge is -2.08. The summed E-state index contributed by atoms with van der Waals surface area (Å²) in [6.45, 7) is 1.61. The number of halogens is 2. The monoisotopic (exact) mass is 339 g/mol. The Bertz CT molecular complexity index is 873. The summed E-state index contributed by atoms with van der Waals surface area (Å²) in [5.74, 6) is -0.919. The van der Waals surface area contributed by atoms with Crippen molar-refractivity contribution in [2.24, 2.45) is 7.05 Å². The standard InChI is InChI=1S/C15H15ClFN3O3/c1-8-10(14(22)20(2)15(23)18-8)4-6-13(21)19-9-3-5-12(17)11(16)7-9/h3,5,7H,4,6H2,1-2H3,(H,18,23)(H,19,21). The third kappa shape index (κ3) is 3.87. The molecule has 6 nitrogen and oxygen atoms in total. The molecule has 0 aliphatic heterocycles. The van der Waals surface area contributed by atoms with Crippen LogP contribution in [0.5, 0.6) is 0 Å². The van der Waals surface area contributed by atoms with Crippen LogP contribution in [-0.4, -0.2) is 15.5 Å². The van der Waals surface area contributed by atoms with Gasteiger partial charge in [0.25, 0.3) is 5.56 Å². The minimum Gasteiger partial charge on any atom is -0.326 e. The Kier molecular flexibility index (Phi) is 5.00. The van der Waals surface area contributed by atoms with Crippen molar-refractivity contribution in [1.29, 1.82) is 0 Å². The van der Waals surface area contributed by atoms with Gasteiger partial charge in [-0.1, -0.05) is 11.6 Å². The average molecular weight is 340 g/mol. The first-order valence-electron chi connectivity index (χ1n) is 6.83. The summed E-state index contributed by atoms with van der Waals surface area (Å²) in [6.07, 6.45) is 0.215. The fourth-order valence-electron chi connectivity index (χ4n) is 2.11. The maximum Gasteiger partial charge on any atom is 0.328 e. The number of carbonyl (C=O) groups is 1. The van der Waals surface area contributed by atoms with Crippen molar-refractivity contribution in [3.63, 3.8) is 0 Å². The second-order valence-electron chi connectivity index (χ2n) is 5.07. The zero-order valence-electron chi connectivity index (χ0n) is 12.6. The van der Waals surface area contributed by atoms with E-state index in [9.17, 15) is 18.8 Å². The maximum absolute atomic E-state index is 13.1. The lowest BCUT2D eigenvalue weighted by molar-refractivity contribution is -0.116. The van der Waals surface area contributed by atoms with Crippen LogP contribution < -0.4 is 16.6 Å². The van der Waals surface area contributed by atoms with Gasteiger partial charge in [0.2, 0.25) is 5.91 Å². The minimum absolute atomic E-state index is 0.0388. The van der Waals surface area contributed by atoms with E-state index in [-0.39, 0.29) is 23.8 Å². The van der Waals surface area contributed by atoms with Gasteiger partial charge in [0.1, 0.15) is 5.82 Å². The quantitative estimate of drug-likeness (QED) is 0.890. The molecule has 1 amide bonds. The summed E-state index contributed by atoms with van der Waals surface area (Å²) in [4.78, 5) is 37.9. The number of nitrogens with zero attached hydrogens (tertiary/aromatic N) is 1. The molecule has 0 atom stereocenters. The van der Waals surface area contributed by atoms with Crippen molar-refractivity contribution in [1.82, 2.24) is 9.55 Å². The molecule has 2 aromatic rings. The van der Waals surface area contributed by atoms with Crippen LogP contribution in [0.3, 0.4) is 0 Å². The molecule has 8 heteroatoms. The van der Waals surface area contributed by atoms with Crippen LogP contribution in [-0.2, 0) is 18.3 Å². The molecule has 0 bridgehead atoms. The van der Waals surface area contributed by atoms with E-state index in [4.69, 9.17) is 11.6 Å². The number of H-pyrrole nitrogens is 1. The molecule has 0 saturated heterocycles. The van der Waals surface area contributed by atoms with E-state index in [1.165, 1.54) is 19.2 Å². The number of aromatic nitrogens is 2. The van der Waals surface area contributed by atoms with E-state index < -0.39 is 17.1 Å². The number of anilines is 1. The largest absolute Gasteiger partial charge is 0.328 e. The predicted octanol–water partition coefficient (Wildman–Crippen LogP) is 1.75. The second-order valence-corrected chi connectivity index (χ2v) is 5.48. The van der Waals surface area contributed by atoms with E-state index >= 15 is 0 Å². The fourth-order valence-corrected chi connectivity index (χ4v) is 2.29. The van der Waals surface area contributed by atoms with Crippen LogP contribution in [0.15, 0.2) is 27.8 Å². The van der Waals surface area contributed by atoms with Crippen molar-refractivity contribution in [2.75, 3.05) is 5.32 Å². The van der Waals surface area contributed by atoms with Crippen LogP contribution in [0, 0.1) is 12.7 Å². The number of aryl methyl sites for hydroxylation is 1. The Labute approximate surface area is 135 Å². The molecule has 23 heavy (non-hydrogen) atoms. The summed E-state index contributed by atoms with van der Waals surface area (Å²) in [6, 6.07) is 3.85. The van der Waals surface area contributed by atoms with Crippen molar-refractivity contribution in [2.45, 2.75) is 19.8 Å². The smallest absolute Gasteiger partial charge is 0.326 e. The molecular weight excluding hydrogens is 325 g/mol. The molecule has 1 aromatic carbocycles. The molecule has 0 radical (unpaired) electrons. The number of aromatic amines is 1. The molecular formula is C15H15ClFN3O3. The highest BCUT2D eigenvalue weighted by atomic mass is 35.5. The van der Waals surface area contributed by atoms with E-state index in [0.717, 1.165) is 10.6 Å². The Morgan fingerprint density at radius 1 is 1.39 bits per heavy atom. The molecule has 0 saturated carbocycles. The van der Waals surface area contributed by atoms with Gasteiger partial charge in [-0.05, 0) is 31.5 Å². The maximum atomic E-state index is 13.1. The summed E-state index contributed by atoms with van der Waals surface area (Å²) in [7, 11) is 1.37. The van der Waals surface area contributed by atoms with Crippen molar-refractivity contribution >= 4 is 23.2 Å². The number of benzene rings is 1. The van der Waals surface area contributed by atoms with Crippen LogP contribution >= 0.6 is 11.6 Å². The van der Waals surface area contributed by atoms with Gasteiger partial charge in [-0.2, -0.15) is 0 Å². The second kappa shape index (κ2) is 6.78. The lowest BCUT2D eigenvalue weighted by Crippen LogP contribution is -2.36. The third-order valence-electron chi connectivity index (χ3n) is 3.42. The molecule has 0 aliphatic rings. The summed E-state index contributed by atoms with van der Waals surface area (Å²) in [5.41, 5.74) is 0.258. The van der Waals surface area contributed by atoms with Gasteiger partial charge in [-0.25, -0.2) is 9.18 Å². The molecule has 2 N–H and O–H groups in total. The number of amides is 1. The van der Waals surface area contributed by atoms with Gasteiger partial charge in [-0.3, -0.25) is 14.2 Å². The molecule has 122 valence electrons. The highest BCUT2D eigenvalue weighted by Gasteiger charge is 2.12. The first-order chi connectivity index (χ1) is 10.8. The highest BCUT2D eigenvalue weighted by molar-refractivity contribution is 6.31. The molecule has 0 spiro atoms. The summed E-state index contributed by atoms with van der Waals surface area (Å²) in [5, 5.41) is 2.48. The van der Waals surface area contributed by atoms with E-state index in [1.807, 2.05) is 0 Å². The Morgan fingerprint density at radius 3 is 2.74 bits per heavy atom. The van der Waals surface area contributed by atoms with E-state index in [0.29, 0.717) is 16.9 Å². The zero-order chi connectivity index (χ0) is 17.1. The Balaban J connectivity index is 2.08. The van der Waals surface area contributed by atoms with Crippen LogP contribution in [0.1, 0.15) is 17.7 Å². The Hall–Kier alpha value is -2.41. The molecule has 1 aromatic heterocycles. The molecule has 0 fully saturated rings. The zero-order valence-corrected chi connectivity index (χ0v) is 13.3. The minimum atomic E-state index is -0.572. The van der Waals surface area contributed by atoms with Gasteiger partial charge in [-0.15, -0.1) is 0 Å². The number of nitrogens with one attached hydrogen (secondary N) is 2. The molecule has 0 aliphatic carbocycles. The van der Waals surface area contributed by atoms with Gasteiger partial charge in [0, 0.05) is 30.4 Å². The molecule has 0 unspecified atom stereocenters. The number of carbonyl (C=O) groups excluding carboxylic acids is 1. The molecule has 1 heterocycles. The average Bonchev–Trinajstić information content (AvgIpc) is 2.48. The summed E-state index contributed by atoms with van der Waals surface area (Å²) < 4.78 is 14.0. The predicted molar refractivity (Wildman–Crippen MR) is 85.4 cm³/mol. The van der Waals surface area contributed by atoms with Gasteiger partial charge in [0.05, 0.1) is 5.02 Å². The van der Waals surface area contributed by atoms with Gasteiger partial charge < -0.3 is 10.3 Å². The van der Waals surface area contributed by atoms with E-state index in [2.05, 4.69) is 10.3 Å². The Morgan fingerprint density at radius 2 is 2.09 bits per heavy atom. The normalized spacial score (nSPS) is 10.6. The number of rotatable bonds is 4. The van der Waals surface area contributed by atoms with Crippen molar-refractivity contribution < 1.29 is 9.18 Å². The van der Waals surface area contributed by atoms with Gasteiger partial charge in [0.15, 0.2) is 0 Å². The number of hydrogen-bond acceptors (Lipinski definition) is 3. The third-order valence-corrected chi connectivity index (χ3v) is 3.71. The first-order valence-corrected chi connectivity index (χ1v) is 7.21. The first kappa shape index (κ1) is 17.0. The lowest BCUT2D eigenvalue weighted by atomic mass is 10.1. The molecule has 2 rings (SSSR count). The van der Waals surface area contributed by atoms with Gasteiger partial charge >= 0.3 is 5.69 Å². The summed E-state index contributed by atoms with van der Waals surface area (Å²) >= 11 is 5.64. The van der Waals surface area contributed by atoms with E-state index in [1.54, 1.807) is 6.92 Å². The van der Waals surface area contributed by atoms with Crippen molar-refractivity contribution in [3.8, 4) is 0 Å².